The van der Waals surface area contributed by atoms with Gasteiger partial charge >= 0.3 is 0 Å². The number of methoxy groups -OCH3 is 1. The molecule has 0 aliphatic carbocycles. The third-order valence-electron chi connectivity index (χ3n) is 4.14. The Kier molecular flexibility index (Phi) is 6.10. The standard InChI is InChI=1S/C23H20N2O3S/c1-17-4-12-22(13-5-17)29(3,27)25-23(26)20-14-19(15-24-16-20)7-6-18-8-10-21(28-2)11-9-18/h4-5,8-16H,1-3H3. The second-order valence-electron chi connectivity index (χ2n) is 6.45. The molecule has 2 aromatic carbocycles. The van der Waals surface area contributed by atoms with E-state index in [1.165, 1.54) is 12.5 Å². The summed E-state index contributed by atoms with van der Waals surface area (Å²) < 4.78 is 22.0. The molecule has 1 atom stereocenters. The van der Waals surface area contributed by atoms with E-state index in [2.05, 4.69) is 21.2 Å². The topological polar surface area (TPSA) is 68.6 Å². The highest BCUT2D eigenvalue weighted by atomic mass is 32.2. The number of carbonyl (C=O) groups excluding carboxylic acids is 1. The van der Waals surface area contributed by atoms with E-state index >= 15 is 0 Å². The minimum absolute atomic E-state index is 0.244. The minimum Gasteiger partial charge on any atom is -0.497 e. The number of pyridine rings is 1. The van der Waals surface area contributed by atoms with Crippen LogP contribution in [0, 0.1) is 18.8 Å². The SMILES string of the molecule is COc1ccc(C#Cc2cncc(C(=O)N=S(C)(=O)c3ccc(C)cc3)c2)cc1. The van der Waals surface area contributed by atoms with E-state index < -0.39 is 15.6 Å². The summed E-state index contributed by atoms with van der Waals surface area (Å²) in [5, 5.41) is 0. The van der Waals surface area contributed by atoms with Gasteiger partial charge in [0.05, 0.1) is 22.4 Å². The number of nitrogens with zero attached hydrogens (tertiary/aromatic N) is 2. The van der Waals surface area contributed by atoms with Gasteiger partial charge in [0.15, 0.2) is 0 Å². The molecule has 146 valence electrons. The summed E-state index contributed by atoms with van der Waals surface area (Å²) in [6.07, 6.45) is 4.42. The van der Waals surface area contributed by atoms with Gasteiger partial charge in [0.1, 0.15) is 5.75 Å². The van der Waals surface area contributed by atoms with Gasteiger partial charge in [-0.2, -0.15) is 4.36 Å². The molecule has 0 saturated carbocycles. The number of hydrogen-bond acceptors (Lipinski definition) is 4. The average Bonchev–Trinajstić information content (AvgIpc) is 2.73. The van der Waals surface area contributed by atoms with Crippen molar-refractivity contribution in [1.29, 1.82) is 0 Å². The molecule has 3 rings (SSSR count). The van der Waals surface area contributed by atoms with Crippen LogP contribution in [0.3, 0.4) is 0 Å². The fourth-order valence-corrected chi connectivity index (χ4v) is 3.67. The zero-order valence-corrected chi connectivity index (χ0v) is 17.2. The molecule has 29 heavy (non-hydrogen) atoms. The van der Waals surface area contributed by atoms with Crippen molar-refractivity contribution in [1.82, 2.24) is 4.98 Å². The molecule has 0 spiro atoms. The zero-order valence-electron chi connectivity index (χ0n) is 16.4. The first-order chi connectivity index (χ1) is 13.9. The van der Waals surface area contributed by atoms with Gasteiger partial charge in [-0.25, -0.2) is 4.21 Å². The monoisotopic (exact) mass is 404 g/mol. The molecule has 3 aromatic rings. The number of ether oxygens (including phenoxy) is 1. The Morgan fingerprint density at radius 2 is 1.66 bits per heavy atom. The largest absolute Gasteiger partial charge is 0.497 e. The van der Waals surface area contributed by atoms with E-state index in [4.69, 9.17) is 4.74 Å². The number of aromatic nitrogens is 1. The number of benzene rings is 2. The maximum absolute atomic E-state index is 12.9. The van der Waals surface area contributed by atoms with Gasteiger partial charge in [-0.15, -0.1) is 0 Å². The molecule has 0 radical (unpaired) electrons. The van der Waals surface area contributed by atoms with E-state index in [1.807, 2.05) is 43.3 Å². The van der Waals surface area contributed by atoms with Crippen molar-refractivity contribution in [3.63, 3.8) is 0 Å². The van der Waals surface area contributed by atoms with Crippen LogP contribution in [-0.2, 0) is 9.73 Å². The molecule has 1 amide bonds. The second kappa shape index (κ2) is 8.72. The molecule has 0 aliphatic rings. The first-order valence-electron chi connectivity index (χ1n) is 8.82. The van der Waals surface area contributed by atoms with Crippen molar-refractivity contribution in [3.05, 3.63) is 89.2 Å². The van der Waals surface area contributed by atoms with Crippen LogP contribution in [0.2, 0.25) is 0 Å². The number of aryl methyl sites for hydroxylation is 1. The van der Waals surface area contributed by atoms with E-state index in [1.54, 1.807) is 31.5 Å². The summed E-state index contributed by atoms with van der Waals surface area (Å²) in [6, 6.07) is 16.1. The van der Waals surface area contributed by atoms with Crippen molar-refractivity contribution < 1.29 is 13.7 Å². The van der Waals surface area contributed by atoms with Crippen LogP contribution in [0.5, 0.6) is 5.75 Å². The zero-order chi connectivity index (χ0) is 20.9. The lowest BCUT2D eigenvalue weighted by atomic mass is 10.1. The summed E-state index contributed by atoms with van der Waals surface area (Å²) in [5.41, 5.74) is 2.67. The third-order valence-corrected chi connectivity index (χ3v) is 5.80. The number of amides is 1. The van der Waals surface area contributed by atoms with E-state index in [-0.39, 0.29) is 5.56 Å². The van der Waals surface area contributed by atoms with E-state index in [0.29, 0.717) is 10.5 Å². The highest BCUT2D eigenvalue weighted by molar-refractivity contribution is 7.93. The van der Waals surface area contributed by atoms with Crippen LogP contribution in [0.15, 0.2) is 76.2 Å². The van der Waals surface area contributed by atoms with E-state index in [0.717, 1.165) is 16.9 Å². The van der Waals surface area contributed by atoms with Gasteiger partial charge in [0.2, 0.25) is 0 Å². The lowest BCUT2D eigenvalue weighted by molar-refractivity contribution is 0.100. The Morgan fingerprint density at radius 1 is 1.00 bits per heavy atom. The highest BCUT2D eigenvalue weighted by Crippen LogP contribution is 2.15. The van der Waals surface area contributed by atoms with Crippen molar-refractivity contribution in [2.45, 2.75) is 11.8 Å². The van der Waals surface area contributed by atoms with Crippen LogP contribution >= 0.6 is 0 Å². The van der Waals surface area contributed by atoms with Gasteiger partial charge in [0.25, 0.3) is 5.91 Å². The number of carbonyl (C=O) groups is 1. The quantitative estimate of drug-likeness (QED) is 0.617. The molecule has 1 heterocycles. The van der Waals surface area contributed by atoms with Crippen LogP contribution in [0.4, 0.5) is 0 Å². The molecular weight excluding hydrogens is 384 g/mol. The van der Waals surface area contributed by atoms with Crippen LogP contribution in [0.25, 0.3) is 0 Å². The number of hydrogen-bond donors (Lipinski definition) is 0. The fourth-order valence-electron chi connectivity index (χ4n) is 2.50. The maximum Gasteiger partial charge on any atom is 0.286 e. The molecule has 0 fully saturated rings. The smallest absolute Gasteiger partial charge is 0.286 e. The molecule has 0 saturated heterocycles. The molecule has 1 aromatic heterocycles. The Hall–Kier alpha value is -3.43. The predicted molar refractivity (Wildman–Crippen MR) is 113 cm³/mol. The van der Waals surface area contributed by atoms with Crippen molar-refractivity contribution in [2.75, 3.05) is 13.4 Å². The van der Waals surface area contributed by atoms with Crippen molar-refractivity contribution in [3.8, 4) is 17.6 Å². The Balaban J connectivity index is 1.85. The van der Waals surface area contributed by atoms with Gasteiger partial charge in [-0.1, -0.05) is 29.5 Å². The normalized spacial score (nSPS) is 12.2. The van der Waals surface area contributed by atoms with Gasteiger partial charge in [-0.05, 0) is 49.4 Å². The van der Waals surface area contributed by atoms with Crippen LogP contribution in [0.1, 0.15) is 27.0 Å². The fraction of sp³-hybridized carbons (Fsp3) is 0.130. The Labute approximate surface area is 171 Å². The average molecular weight is 404 g/mol. The highest BCUT2D eigenvalue weighted by Gasteiger charge is 2.12. The third kappa shape index (κ3) is 5.31. The first-order valence-corrected chi connectivity index (χ1v) is 10.7. The molecule has 0 N–H and O–H groups in total. The molecule has 0 bridgehead atoms. The maximum atomic E-state index is 12.9. The van der Waals surface area contributed by atoms with E-state index in [9.17, 15) is 9.00 Å². The molecule has 1 unspecified atom stereocenters. The molecule has 5 nitrogen and oxygen atoms in total. The second-order valence-corrected chi connectivity index (χ2v) is 8.71. The van der Waals surface area contributed by atoms with Crippen LogP contribution in [-0.4, -0.2) is 28.5 Å². The minimum atomic E-state index is -2.85. The molecular formula is C23H20N2O3S. The number of rotatable bonds is 3. The van der Waals surface area contributed by atoms with Crippen molar-refractivity contribution in [2.24, 2.45) is 4.36 Å². The van der Waals surface area contributed by atoms with Gasteiger partial charge in [0, 0.05) is 34.7 Å². The Morgan fingerprint density at radius 3 is 2.31 bits per heavy atom. The lowest BCUT2D eigenvalue weighted by Crippen LogP contribution is -2.04. The summed E-state index contributed by atoms with van der Waals surface area (Å²) in [7, 11) is -1.24. The predicted octanol–water partition coefficient (Wildman–Crippen LogP) is 4.10. The summed E-state index contributed by atoms with van der Waals surface area (Å²) >= 11 is 0. The van der Waals surface area contributed by atoms with Crippen LogP contribution < -0.4 is 4.74 Å². The lowest BCUT2D eigenvalue weighted by Gasteiger charge is -2.04. The summed E-state index contributed by atoms with van der Waals surface area (Å²) in [6.45, 7) is 1.94. The Bertz CT molecular complexity index is 1210. The first kappa shape index (κ1) is 20.3. The summed E-state index contributed by atoms with van der Waals surface area (Å²) in [4.78, 5) is 17.1. The molecule has 6 heteroatoms. The van der Waals surface area contributed by atoms with Gasteiger partial charge in [-0.3, -0.25) is 9.78 Å². The van der Waals surface area contributed by atoms with Gasteiger partial charge < -0.3 is 4.74 Å². The molecule has 0 aliphatic heterocycles. The summed E-state index contributed by atoms with van der Waals surface area (Å²) in [5.74, 6) is 6.16. The van der Waals surface area contributed by atoms with Crippen molar-refractivity contribution >= 4 is 15.6 Å².